The number of amides is 5. The van der Waals surface area contributed by atoms with Crippen molar-refractivity contribution in [1.29, 1.82) is 0 Å². The zero-order valence-corrected chi connectivity index (χ0v) is 23.8. The van der Waals surface area contributed by atoms with Gasteiger partial charge in [-0.1, -0.05) is 32.7 Å². The lowest BCUT2D eigenvalue weighted by Gasteiger charge is -2.22. The van der Waals surface area contributed by atoms with Gasteiger partial charge in [0, 0.05) is 30.8 Å². The van der Waals surface area contributed by atoms with Crippen LogP contribution >= 0.6 is 0 Å². The molecular formula is C27H42N6O7. The molecule has 13 heteroatoms. The molecular weight excluding hydrogens is 520 g/mol. The summed E-state index contributed by atoms with van der Waals surface area (Å²) in [6, 6.07) is -1.40. The third-order valence-corrected chi connectivity index (χ3v) is 5.26. The highest BCUT2D eigenvalue weighted by molar-refractivity contribution is 5.88. The van der Waals surface area contributed by atoms with Crippen molar-refractivity contribution < 1.29 is 33.6 Å². The molecule has 0 aliphatic heterocycles. The predicted molar refractivity (Wildman–Crippen MR) is 149 cm³/mol. The van der Waals surface area contributed by atoms with Gasteiger partial charge in [-0.3, -0.25) is 24.0 Å². The van der Waals surface area contributed by atoms with Crippen LogP contribution in [-0.4, -0.2) is 77.7 Å². The van der Waals surface area contributed by atoms with E-state index in [0.29, 0.717) is 35.8 Å². The highest BCUT2D eigenvalue weighted by Crippen LogP contribution is 2.02. The van der Waals surface area contributed by atoms with Crippen molar-refractivity contribution in [2.45, 2.75) is 65.5 Å². The van der Waals surface area contributed by atoms with Crippen LogP contribution in [0.3, 0.4) is 0 Å². The number of hydrogen-bond acceptors (Lipinski definition) is 9. The second-order valence-corrected chi connectivity index (χ2v) is 8.72. The number of rotatable bonds is 19. The fourth-order valence-corrected chi connectivity index (χ4v) is 3.01. The molecule has 0 bridgehead atoms. The summed E-state index contributed by atoms with van der Waals surface area (Å²) in [7, 11) is 0. The lowest BCUT2D eigenvalue weighted by molar-refractivity contribution is -0.197. The van der Waals surface area contributed by atoms with Crippen LogP contribution in [0.5, 0.6) is 0 Å². The summed E-state index contributed by atoms with van der Waals surface area (Å²) in [6.07, 6.45) is 5.65. The van der Waals surface area contributed by atoms with Crippen LogP contribution in [-0.2, 0) is 33.6 Å². The largest absolute Gasteiger partial charge is 0.382 e. The second-order valence-electron chi connectivity index (χ2n) is 8.72. The summed E-state index contributed by atoms with van der Waals surface area (Å²) in [4.78, 5) is 77.2. The maximum atomic E-state index is 12.2. The minimum Gasteiger partial charge on any atom is -0.382 e. The SMILES string of the molecule is C=CN(CCCC(=O)NCC(=O)NC(C)C(=C)NCC(=C)NC(C)C(=O)ON(C=O)C(=O)CCC)C(=O)/C=C\C. The molecule has 2 atom stereocenters. The maximum Gasteiger partial charge on any atom is 0.354 e. The summed E-state index contributed by atoms with van der Waals surface area (Å²) < 4.78 is 0. The van der Waals surface area contributed by atoms with Gasteiger partial charge < -0.3 is 31.0 Å². The Labute approximate surface area is 235 Å². The molecule has 0 rings (SSSR count). The molecule has 0 saturated carbocycles. The number of carbonyl (C=O) groups is 6. The van der Waals surface area contributed by atoms with Crippen LogP contribution in [0.25, 0.3) is 0 Å². The molecule has 0 spiro atoms. The molecule has 0 aromatic rings. The van der Waals surface area contributed by atoms with Gasteiger partial charge in [0.05, 0.1) is 19.1 Å². The van der Waals surface area contributed by atoms with Gasteiger partial charge in [-0.2, -0.15) is 0 Å². The summed E-state index contributed by atoms with van der Waals surface area (Å²) >= 11 is 0. The van der Waals surface area contributed by atoms with Crippen LogP contribution in [0.1, 0.15) is 53.4 Å². The molecule has 0 heterocycles. The van der Waals surface area contributed by atoms with E-state index < -0.39 is 29.9 Å². The highest BCUT2D eigenvalue weighted by Gasteiger charge is 2.22. The normalized spacial score (nSPS) is 11.8. The molecule has 0 aliphatic rings. The Balaban J connectivity index is 4.40. The van der Waals surface area contributed by atoms with Crippen LogP contribution in [0.4, 0.5) is 0 Å². The zero-order valence-electron chi connectivity index (χ0n) is 23.8. The van der Waals surface area contributed by atoms with Gasteiger partial charge in [0.15, 0.2) is 0 Å². The first kappa shape index (κ1) is 35.6. The first-order valence-electron chi connectivity index (χ1n) is 12.9. The Morgan fingerprint density at radius 2 is 1.62 bits per heavy atom. The van der Waals surface area contributed by atoms with Crippen LogP contribution < -0.4 is 21.3 Å². The molecule has 13 nitrogen and oxygen atoms in total. The van der Waals surface area contributed by atoms with Gasteiger partial charge in [0.1, 0.15) is 6.04 Å². The molecule has 4 N–H and O–H groups in total. The van der Waals surface area contributed by atoms with Crippen LogP contribution in [0, 0.1) is 0 Å². The standard InChI is InChI=1S/C27H42N6O7/c1-8-12-25(37)32(10-3)15-11-14-23(35)29-17-24(36)31-21(6)20(5)28-16-19(4)30-22(7)27(39)40-33(18-34)26(38)13-9-2/h8,10,12,18,21-22,28,30H,3-5,9,11,13-17H2,1-2,6-7H3,(H,29,35)(H,31,36)/b12-8-. The second kappa shape index (κ2) is 19.6. The molecule has 2 unspecified atom stereocenters. The Hall–Kier alpha value is -4.42. The van der Waals surface area contributed by atoms with Crippen molar-refractivity contribution in [2.75, 3.05) is 19.6 Å². The third kappa shape index (κ3) is 14.5. The van der Waals surface area contributed by atoms with E-state index in [1.54, 1.807) is 26.8 Å². The molecule has 0 fully saturated rings. The number of allylic oxidation sites excluding steroid dienone is 1. The van der Waals surface area contributed by atoms with Crippen molar-refractivity contribution in [2.24, 2.45) is 0 Å². The number of hydrogen-bond donors (Lipinski definition) is 4. The first-order chi connectivity index (χ1) is 18.9. The molecule has 0 aliphatic carbocycles. The van der Waals surface area contributed by atoms with Gasteiger partial charge >= 0.3 is 5.97 Å². The Kier molecular flexibility index (Phi) is 17.5. The number of carbonyl (C=O) groups excluding carboxylic acids is 6. The minimum atomic E-state index is -0.909. The Morgan fingerprint density at radius 1 is 0.950 bits per heavy atom. The summed E-state index contributed by atoms with van der Waals surface area (Å²) in [5, 5.41) is 11.4. The average Bonchev–Trinajstić information content (AvgIpc) is 2.91. The number of nitrogens with zero attached hydrogens (tertiary/aromatic N) is 2. The lowest BCUT2D eigenvalue weighted by atomic mass is 10.2. The molecule has 0 saturated heterocycles. The van der Waals surface area contributed by atoms with E-state index in [1.807, 2.05) is 0 Å². The van der Waals surface area contributed by atoms with E-state index in [9.17, 15) is 28.8 Å². The van der Waals surface area contributed by atoms with E-state index in [-0.39, 0.29) is 44.2 Å². The van der Waals surface area contributed by atoms with Crippen molar-refractivity contribution >= 4 is 36.0 Å². The van der Waals surface area contributed by atoms with Crippen molar-refractivity contribution in [3.05, 3.63) is 49.5 Å². The fraction of sp³-hybridized carbons (Fsp3) is 0.481. The zero-order chi connectivity index (χ0) is 30.7. The highest BCUT2D eigenvalue weighted by atomic mass is 16.7. The summed E-state index contributed by atoms with van der Waals surface area (Å²) in [5.41, 5.74) is 0.835. The van der Waals surface area contributed by atoms with E-state index >= 15 is 0 Å². The maximum absolute atomic E-state index is 12.2. The smallest absolute Gasteiger partial charge is 0.354 e. The summed E-state index contributed by atoms with van der Waals surface area (Å²) in [6.45, 7) is 18.1. The molecule has 5 amide bonds. The topological polar surface area (TPSA) is 166 Å². The Morgan fingerprint density at radius 3 is 2.20 bits per heavy atom. The van der Waals surface area contributed by atoms with Crippen molar-refractivity contribution in [1.82, 2.24) is 31.2 Å². The van der Waals surface area contributed by atoms with Crippen molar-refractivity contribution in [3.8, 4) is 0 Å². The van der Waals surface area contributed by atoms with Gasteiger partial charge in [-0.05, 0) is 45.9 Å². The number of hydroxylamine groups is 2. The van der Waals surface area contributed by atoms with Gasteiger partial charge in [-0.25, -0.2) is 4.79 Å². The lowest BCUT2D eigenvalue weighted by Crippen LogP contribution is -2.44. The first-order valence-corrected chi connectivity index (χ1v) is 12.9. The van der Waals surface area contributed by atoms with Crippen LogP contribution in [0.15, 0.2) is 49.5 Å². The van der Waals surface area contributed by atoms with E-state index in [1.165, 1.54) is 24.1 Å². The molecule has 0 radical (unpaired) electrons. The average molecular weight is 563 g/mol. The molecule has 40 heavy (non-hydrogen) atoms. The van der Waals surface area contributed by atoms with E-state index in [0.717, 1.165) is 0 Å². The predicted octanol–water partition coefficient (Wildman–Crippen LogP) is 0.774. The van der Waals surface area contributed by atoms with E-state index in [2.05, 4.69) is 41.0 Å². The third-order valence-electron chi connectivity index (χ3n) is 5.26. The summed E-state index contributed by atoms with van der Waals surface area (Å²) in [5.74, 6) is -2.45. The van der Waals surface area contributed by atoms with Gasteiger partial charge in [0.2, 0.25) is 17.7 Å². The molecule has 0 aromatic carbocycles. The van der Waals surface area contributed by atoms with E-state index in [4.69, 9.17) is 4.84 Å². The fourth-order valence-electron chi connectivity index (χ4n) is 3.01. The Bertz CT molecular complexity index is 978. The monoisotopic (exact) mass is 562 g/mol. The van der Waals surface area contributed by atoms with Gasteiger partial charge in [0.25, 0.3) is 12.3 Å². The van der Waals surface area contributed by atoms with Gasteiger partial charge in [-0.15, -0.1) is 5.06 Å². The quantitative estimate of drug-likeness (QED) is 0.101. The van der Waals surface area contributed by atoms with Crippen LogP contribution in [0.2, 0.25) is 0 Å². The molecule has 222 valence electrons. The number of nitrogens with one attached hydrogen (secondary N) is 4. The minimum absolute atomic E-state index is 0.0587. The molecule has 0 aromatic heterocycles. The number of imide groups is 1. The van der Waals surface area contributed by atoms with Crippen molar-refractivity contribution in [3.63, 3.8) is 0 Å².